The Hall–Kier alpha value is -1.75. The number of hydrogen-bond donors (Lipinski definition) is 1. The van der Waals surface area contributed by atoms with Crippen LogP contribution in [-0.2, 0) is 6.54 Å². The van der Waals surface area contributed by atoms with Gasteiger partial charge in [0.1, 0.15) is 0 Å². The monoisotopic (exact) mass is 273 g/mol. The lowest BCUT2D eigenvalue weighted by Crippen LogP contribution is -2.25. The Morgan fingerprint density at radius 3 is 2.50 bits per heavy atom. The zero-order valence-electron chi connectivity index (χ0n) is 12.7. The highest BCUT2D eigenvalue weighted by molar-refractivity contribution is 5.29. The van der Waals surface area contributed by atoms with E-state index in [4.69, 9.17) is 0 Å². The van der Waals surface area contributed by atoms with Crippen LogP contribution in [0.5, 0.6) is 0 Å². The first-order chi connectivity index (χ1) is 9.65. The summed E-state index contributed by atoms with van der Waals surface area (Å²) in [5.74, 6) is 0. The van der Waals surface area contributed by atoms with Crippen molar-refractivity contribution in [1.29, 1.82) is 0 Å². The van der Waals surface area contributed by atoms with Gasteiger partial charge in [0.15, 0.2) is 0 Å². The van der Waals surface area contributed by atoms with E-state index < -0.39 is 0 Å². The quantitative estimate of drug-likeness (QED) is 0.878. The number of aryl methyl sites for hydroxylation is 3. The molecule has 108 valence electrons. The van der Waals surface area contributed by atoms with Gasteiger partial charge in [0.05, 0.1) is 17.9 Å². The molecule has 2 rings (SSSR count). The van der Waals surface area contributed by atoms with Gasteiger partial charge in [0.2, 0.25) is 0 Å². The van der Waals surface area contributed by atoms with Gasteiger partial charge in [-0.1, -0.05) is 19.1 Å². The van der Waals surface area contributed by atoms with Gasteiger partial charge in [0.25, 0.3) is 0 Å². The summed E-state index contributed by atoms with van der Waals surface area (Å²) in [6.07, 6.45) is 2.90. The highest BCUT2D eigenvalue weighted by Crippen LogP contribution is 2.22. The third-order valence-corrected chi connectivity index (χ3v) is 3.22. The van der Waals surface area contributed by atoms with E-state index in [1.54, 1.807) is 0 Å². The average molecular weight is 273 g/mol. The fourth-order valence-electron chi connectivity index (χ4n) is 2.51. The van der Waals surface area contributed by atoms with E-state index in [-0.39, 0.29) is 6.04 Å². The molecule has 0 aliphatic carbocycles. The fourth-order valence-corrected chi connectivity index (χ4v) is 2.51. The molecule has 0 bridgehead atoms. The summed E-state index contributed by atoms with van der Waals surface area (Å²) in [7, 11) is 0. The van der Waals surface area contributed by atoms with Crippen molar-refractivity contribution in [3.05, 3.63) is 41.0 Å². The molecule has 0 aromatic carbocycles. The lowest BCUT2D eigenvalue weighted by molar-refractivity contribution is 0.511. The molecule has 2 aromatic rings. The topological polar surface area (TPSA) is 55.6 Å². The molecule has 5 nitrogen and oxygen atoms in total. The Morgan fingerprint density at radius 1 is 1.20 bits per heavy atom. The normalized spacial score (nSPS) is 12.6. The van der Waals surface area contributed by atoms with E-state index in [2.05, 4.69) is 46.6 Å². The maximum absolute atomic E-state index is 4.45. The molecule has 0 fully saturated rings. The average Bonchev–Trinajstić information content (AvgIpc) is 2.83. The van der Waals surface area contributed by atoms with Gasteiger partial charge in [-0.05, 0) is 44.5 Å². The Labute approximate surface area is 120 Å². The predicted octanol–water partition coefficient (Wildman–Crippen LogP) is 2.40. The molecule has 2 aromatic heterocycles. The van der Waals surface area contributed by atoms with Gasteiger partial charge in [-0.15, -0.1) is 5.10 Å². The summed E-state index contributed by atoms with van der Waals surface area (Å²) in [5, 5.41) is 11.8. The molecule has 0 spiro atoms. The van der Waals surface area contributed by atoms with E-state index in [1.807, 2.05) is 24.7 Å². The van der Waals surface area contributed by atoms with E-state index >= 15 is 0 Å². The fraction of sp³-hybridized carbons (Fsp3) is 0.533. The third kappa shape index (κ3) is 3.22. The van der Waals surface area contributed by atoms with Gasteiger partial charge in [-0.25, -0.2) is 4.68 Å². The maximum atomic E-state index is 4.45. The first-order valence-electron chi connectivity index (χ1n) is 7.22. The van der Waals surface area contributed by atoms with Crippen molar-refractivity contribution in [3.63, 3.8) is 0 Å². The molecule has 1 unspecified atom stereocenters. The number of nitrogens with zero attached hydrogens (tertiary/aromatic N) is 4. The lowest BCUT2D eigenvalue weighted by Gasteiger charge is -2.20. The van der Waals surface area contributed by atoms with Crippen LogP contribution in [0.25, 0.3) is 0 Å². The second-order valence-electron chi connectivity index (χ2n) is 5.06. The molecule has 0 aliphatic heterocycles. The van der Waals surface area contributed by atoms with E-state index in [9.17, 15) is 0 Å². The van der Waals surface area contributed by atoms with Gasteiger partial charge in [-0.2, -0.15) is 0 Å². The molecule has 1 N–H and O–H groups in total. The van der Waals surface area contributed by atoms with Gasteiger partial charge in [-0.3, -0.25) is 4.98 Å². The lowest BCUT2D eigenvalue weighted by atomic mass is 10.0. The van der Waals surface area contributed by atoms with Crippen molar-refractivity contribution >= 4 is 0 Å². The molecule has 1 atom stereocenters. The summed E-state index contributed by atoms with van der Waals surface area (Å²) >= 11 is 0. The first kappa shape index (κ1) is 14.7. The second kappa shape index (κ2) is 6.61. The minimum absolute atomic E-state index is 0.113. The van der Waals surface area contributed by atoms with Crippen LogP contribution in [0.2, 0.25) is 0 Å². The number of pyridine rings is 1. The van der Waals surface area contributed by atoms with Crippen LogP contribution in [0, 0.1) is 13.8 Å². The van der Waals surface area contributed by atoms with Gasteiger partial charge in [0, 0.05) is 17.9 Å². The molecule has 0 saturated heterocycles. The van der Waals surface area contributed by atoms with Crippen molar-refractivity contribution in [2.75, 3.05) is 6.54 Å². The van der Waals surface area contributed by atoms with Crippen LogP contribution < -0.4 is 5.32 Å². The Kier molecular flexibility index (Phi) is 4.84. The van der Waals surface area contributed by atoms with E-state index in [0.717, 1.165) is 36.6 Å². The number of nitrogens with one attached hydrogen (secondary N) is 1. The third-order valence-electron chi connectivity index (χ3n) is 3.22. The molecule has 0 aliphatic rings. The summed E-state index contributed by atoms with van der Waals surface area (Å²) in [6.45, 7) is 10.1. The molecule has 0 amide bonds. The van der Waals surface area contributed by atoms with E-state index in [0.29, 0.717) is 0 Å². The molecule has 2 heterocycles. The first-order valence-corrected chi connectivity index (χ1v) is 7.22. The number of hydrogen-bond acceptors (Lipinski definition) is 4. The van der Waals surface area contributed by atoms with Crippen LogP contribution in [0.1, 0.15) is 49.0 Å². The van der Waals surface area contributed by atoms with Crippen LogP contribution in [0.15, 0.2) is 18.3 Å². The maximum Gasteiger partial charge on any atom is 0.0802 e. The second-order valence-corrected chi connectivity index (χ2v) is 5.06. The van der Waals surface area contributed by atoms with Crippen molar-refractivity contribution in [2.24, 2.45) is 0 Å². The standard InChI is InChI=1S/C15H23N5/c1-5-7-20-14(10-17-19-20)15(16-6-2)13-8-11(3)18-12(4)9-13/h8-10,15-16H,5-7H2,1-4H3. The largest absolute Gasteiger partial charge is 0.305 e. The molecular weight excluding hydrogens is 250 g/mol. The molecule has 5 heteroatoms. The van der Waals surface area contributed by atoms with Crippen molar-refractivity contribution < 1.29 is 0 Å². The molecule has 0 radical (unpaired) electrons. The van der Waals surface area contributed by atoms with Crippen LogP contribution in [0.3, 0.4) is 0 Å². The molecular formula is C15H23N5. The van der Waals surface area contributed by atoms with Crippen LogP contribution in [-0.4, -0.2) is 26.5 Å². The number of aromatic nitrogens is 4. The SMILES string of the molecule is CCCn1nncc1C(NCC)c1cc(C)nc(C)c1. The highest BCUT2D eigenvalue weighted by atomic mass is 15.4. The Bertz CT molecular complexity index is 541. The van der Waals surface area contributed by atoms with Crippen LogP contribution in [0.4, 0.5) is 0 Å². The van der Waals surface area contributed by atoms with Crippen molar-refractivity contribution in [3.8, 4) is 0 Å². The molecule has 0 saturated carbocycles. The smallest absolute Gasteiger partial charge is 0.0802 e. The minimum Gasteiger partial charge on any atom is -0.305 e. The Balaban J connectivity index is 2.41. The van der Waals surface area contributed by atoms with E-state index in [1.165, 1.54) is 5.56 Å². The summed E-state index contributed by atoms with van der Waals surface area (Å²) in [4.78, 5) is 4.45. The summed E-state index contributed by atoms with van der Waals surface area (Å²) in [5.41, 5.74) is 4.41. The predicted molar refractivity (Wildman–Crippen MR) is 79.5 cm³/mol. The van der Waals surface area contributed by atoms with Crippen molar-refractivity contribution in [1.82, 2.24) is 25.3 Å². The zero-order valence-corrected chi connectivity index (χ0v) is 12.7. The number of rotatable bonds is 6. The minimum atomic E-state index is 0.113. The van der Waals surface area contributed by atoms with Crippen molar-refractivity contribution in [2.45, 2.75) is 46.7 Å². The Morgan fingerprint density at radius 2 is 1.90 bits per heavy atom. The van der Waals surface area contributed by atoms with Gasteiger partial charge < -0.3 is 5.32 Å². The molecule has 20 heavy (non-hydrogen) atoms. The van der Waals surface area contributed by atoms with Crippen LogP contribution >= 0.6 is 0 Å². The zero-order chi connectivity index (χ0) is 14.5. The highest BCUT2D eigenvalue weighted by Gasteiger charge is 2.18. The summed E-state index contributed by atoms with van der Waals surface area (Å²) < 4.78 is 1.98. The van der Waals surface area contributed by atoms with Gasteiger partial charge >= 0.3 is 0 Å². The summed E-state index contributed by atoms with van der Waals surface area (Å²) in [6, 6.07) is 4.37.